The Labute approximate surface area is 190 Å². The number of quaternary nitrogens is 1. The number of benzene rings is 3. The van der Waals surface area contributed by atoms with Crippen molar-refractivity contribution in [3.8, 4) is 23.0 Å². The highest BCUT2D eigenvalue weighted by Crippen LogP contribution is 2.44. The van der Waals surface area contributed by atoms with Crippen LogP contribution in [0.1, 0.15) is 5.56 Å². The molecular weight excluding hydrogens is 481 g/mol. The van der Waals surface area contributed by atoms with E-state index in [1.54, 1.807) is 28.4 Å². The summed E-state index contributed by atoms with van der Waals surface area (Å²) in [7, 11) is 13.3. The van der Waals surface area contributed by atoms with Crippen LogP contribution in [0.4, 0.5) is 0 Å². The Bertz CT molecular complexity index is 1010. The summed E-state index contributed by atoms with van der Waals surface area (Å²) in [5, 5.41) is 4.33. The molecular formula is C23H30INO4. The summed E-state index contributed by atoms with van der Waals surface area (Å²) in [6.45, 7) is 1.02. The summed E-state index contributed by atoms with van der Waals surface area (Å²) in [6, 6.07) is 10.4. The van der Waals surface area contributed by atoms with Gasteiger partial charge in [0, 0.05) is 11.8 Å². The average Bonchev–Trinajstić information content (AvgIpc) is 2.69. The number of nitrogens with zero attached hydrogens (tertiary/aromatic N) is 1. The Morgan fingerprint density at radius 1 is 0.724 bits per heavy atom. The van der Waals surface area contributed by atoms with Crippen molar-refractivity contribution in [2.24, 2.45) is 0 Å². The molecule has 0 saturated carbocycles. The Hall–Kier alpha value is -1.93. The lowest BCUT2D eigenvalue weighted by molar-refractivity contribution is -0.870. The fourth-order valence-corrected chi connectivity index (χ4v) is 3.60. The van der Waals surface area contributed by atoms with Crippen molar-refractivity contribution in [2.45, 2.75) is 6.42 Å². The van der Waals surface area contributed by atoms with Crippen LogP contribution in [-0.4, -0.2) is 60.6 Å². The van der Waals surface area contributed by atoms with Crippen LogP contribution < -0.4 is 42.9 Å². The summed E-state index contributed by atoms with van der Waals surface area (Å²) in [6.07, 6.45) is 0.944. The molecule has 6 heteroatoms. The molecule has 0 atom stereocenters. The minimum Gasteiger partial charge on any atom is -1.00 e. The molecule has 0 fully saturated rings. The summed E-state index contributed by atoms with van der Waals surface area (Å²) in [4.78, 5) is 0. The molecule has 0 N–H and O–H groups in total. The lowest BCUT2D eigenvalue weighted by Gasteiger charge is -2.25. The predicted molar refractivity (Wildman–Crippen MR) is 114 cm³/mol. The molecule has 0 aliphatic carbocycles. The highest BCUT2D eigenvalue weighted by molar-refractivity contribution is 6.13. The van der Waals surface area contributed by atoms with Crippen molar-refractivity contribution in [3.05, 3.63) is 35.9 Å². The first-order valence-electron chi connectivity index (χ1n) is 9.35. The van der Waals surface area contributed by atoms with Crippen molar-refractivity contribution in [1.29, 1.82) is 0 Å². The van der Waals surface area contributed by atoms with Crippen molar-refractivity contribution in [3.63, 3.8) is 0 Å². The van der Waals surface area contributed by atoms with Gasteiger partial charge in [-0.25, -0.2) is 0 Å². The Balaban J connectivity index is 0.00000300. The zero-order chi connectivity index (χ0) is 20.5. The van der Waals surface area contributed by atoms with E-state index in [9.17, 15) is 0 Å². The van der Waals surface area contributed by atoms with Crippen molar-refractivity contribution < 1.29 is 47.4 Å². The van der Waals surface area contributed by atoms with Crippen LogP contribution in [0.25, 0.3) is 21.5 Å². The van der Waals surface area contributed by atoms with Gasteiger partial charge in [-0.05, 0) is 39.9 Å². The van der Waals surface area contributed by atoms with Gasteiger partial charge in [-0.15, -0.1) is 0 Å². The maximum absolute atomic E-state index is 5.79. The van der Waals surface area contributed by atoms with Crippen LogP contribution >= 0.6 is 0 Å². The summed E-state index contributed by atoms with van der Waals surface area (Å²) in [5.74, 6) is 2.89. The number of hydrogen-bond acceptors (Lipinski definition) is 4. The van der Waals surface area contributed by atoms with E-state index in [4.69, 9.17) is 18.9 Å². The van der Waals surface area contributed by atoms with Crippen LogP contribution in [-0.2, 0) is 6.42 Å². The third-order valence-corrected chi connectivity index (χ3v) is 5.10. The highest BCUT2D eigenvalue weighted by atomic mass is 127. The van der Waals surface area contributed by atoms with Crippen LogP contribution in [0.15, 0.2) is 30.3 Å². The number of halogens is 1. The van der Waals surface area contributed by atoms with Crippen LogP contribution in [0.3, 0.4) is 0 Å². The molecule has 0 aliphatic heterocycles. The van der Waals surface area contributed by atoms with E-state index < -0.39 is 0 Å². The van der Waals surface area contributed by atoms with Gasteiger partial charge in [-0.1, -0.05) is 12.1 Å². The SMILES string of the molecule is COc1cc2ccc3c(CC[N+](C)(C)C)cc(OC)c(OC)c3c2cc1OC.[I-]. The third-order valence-electron chi connectivity index (χ3n) is 5.10. The Morgan fingerprint density at radius 2 is 1.34 bits per heavy atom. The summed E-state index contributed by atoms with van der Waals surface area (Å²) < 4.78 is 23.4. The minimum atomic E-state index is 0. The van der Waals surface area contributed by atoms with Gasteiger partial charge in [0.1, 0.15) is 0 Å². The van der Waals surface area contributed by atoms with Gasteiger partial charge in [0.15, 0.2) is 23.0 Å². The second-order valence-electron chi connectivity index (χ2n) is 7.95. The van der Waals surface area contributed by atoms with E-state index in [1.165, 1.54) is 10.9 Å². The lowest BCUT2D eigenvalue weighted by atomic mass is 9.95. The number of ether oxygens (including phenoxy) is 4. The fourth-order valence-electron chi connectivity index (χ4n) is 3.60. The van der Waals surface area contributed by atoms with Gasteiger partial charge in [0.2, 0.25) is 0 Å². The molecule has 0 radical (unpaired) electrons. The molecule has 0 aromatic heterocycles. The van der Waals surface area contributed by atoms with Gasteiger partial charge in [0.25, 0.3) is 0 Å². The standard InChI is InChI=1S/C23H30NO4.HI/c1-24(2,3)11-10-16-13-21(27-6)23(28-7)22-17(16)9-8-15-12-19(25-4)20(26-5)14-18(15)22;/h8-9,12-14H,10-11H2,1-7H3;1H/q+1;/p-1. The van der Waals surface area contributed by atoms with Crippen LogP contribution in [0.2, 0.25) is 0 Å². The Kier molecular flexibility index (Phi) is 7.45. The monoisotopic (exact) mass is 511 g/mol. The zero-order valence-electron chi connectivity index (χ0n) is 18.3. The van der Waals surface area contributed by atoms with Gasteiger partial charge < -0.3 is 47.4 Å². The van der Waals surface area contributed by atoms with E-state index in [0.29, 0.717) is 11.5 Å². The van der Waals surface area contributed by atoms with E-state index in [2.05, 4.69) is 39.3 Å². The van der Waals surface area contributed by atoms with E-state index in [-0.39, 0.29) is 24.0 Å². The molecule has 0 unspecified atom stereocenters. The molecule has 3 rings (SSSR count). The summed E-state index contributed by atoms with van der Waals surface area (Å²) in [5.41, 5.74) is 1.25. The molecule has 0 aliphatic rings. The molecule has 3 aromatic carbocycles. The molecule has 0 spiro atoms. The normalized spacial score (nSPS) is 11.3. The molecule has 3 aromatic rings. The smallest absolute Gasteiger partial charge is 0.169 e. The summed E-state index contributed by atoms with van der Waals surface area (Å²) >= 11 is 0. The maximum Gasteiger partial charge on any atom is 0.169 e. The number of rotatable bonds is 7. The largest absolute Gasteiger partial charge is 1.00 e. The first-order valence-corrected chi connectivity index (χ1v) is 9.35. The van der Waals surface area contributed by atoms with E-state index in [0.717, 1.165) is 45.1 Å². The molecule has 0 amide bonds. The maximum atomic E-state index is 5.79. The molecule has 0 heterocycles. The van der Waals surface area contributed by atoms with E-state index in [1.807, 2.05) is 12.1 Å². The van der Waals surface area contributed by atoms with Crippen molar-refractivity contribution in [2.75, 3.05) is 56.1 Å². The third kappa shape index (κ3) is 4.64. The second-order valence-corrected chi connectivity index (χ2v) is 7.95. The Morgan fingerprint density at radius 3 is 1.90 bits per heavy atom. The van der Waals surface area contributed by atoms with Crippen LogP contribution in [0.5, 0.6) is 23.0 Å². The first-order chi connectivity index (χ1) is 13.3. The van der Waals surface area contributed by atoms with E-state index >= 15 is 0 Å². The quantitative estimate of drug-likeness (QED) is 0.272. The zero-order valence-corrected chi connectivity index (χ0v) is 20.4. The number of fused-ring (bicyclic) bond motifs is 3. The number of hydrogen-bond donors (Lipinski definition) is 0. The molecule has 5 nitrogen and oxygen atoms in total. The number of methoxy groups -OCH3 is 4. The van der Waals surface area contributed by atoms with Gasteiger partial charge in [-0.2, -0.15) is 0 Å². The molecule has 0 bridgehead atoms. The van der Waals surface area contributed by atoms with Crippen molar-refractivity contribution >= 4 is 21.5 Å². The van der Waals surface area contributed by atoms with Gasteiger partial charge >= 0.3 is 0 Å². The van der Waals surface area contributed by atoms with Gasteiger partial charge in [0.05, 0.1) is 56.1 Å². The lowest BCUT2D eigenvalue weighted by Crippen LogP contribution is -3.00. The van der Waals surface area contributed by atoms with Gasteiger partial charge in [-0.3, -0.25) is 0 Å². The topological polar surface area (TPSA) is 36.9 Å². The molecule has 158 valence electrons. The average molecular weight is 511 g/mol. The minimum absolute atomic E-state index is 0. The van der Waals surface area contributed by atoms with Crippen molar-refractivity contribution in [1.82, 2.24) is 0 Å². The first kappa shape index (κ1) is 23.3. The molecule has 29 heavy (non-hydrogen) atoms. The highest BCUT2D eigenvalue weighted by Gasteiger charge is 2.19. The fraction of sp³-hybridized carbons (Fsp3) is 0.391. The molecule has 0 saturated heterocycles. The predicted octanol–water partition coefficient (Wildman–Crippen LogP) is 1.28. The second kappa shape index (κ2) is 9.26. The van der Waals surface area contributed by atoms with Crippen LogP contribution in [0, 0.1) is 0 Å². The number of likely N-dealkylation sites (N-methyl/N-ethyl adjacent to an activating group) is 1.